The Bertz CT molecular complexity index is 949. The van der Waals surface area contributed by atoms with Gasteiger partial charge in [0.1, 0.15) is 5.76 Å². The maximum atomic E-state index is 13.1. The number of carbonyl (C=O) groups is 1. The van der Waals surface area contributed by atoms with Crippen LogP contribution in [-0.4, -0.2) is 69.5 Å². The van der Waals surface area contributed by atoms with Crippen LogP contribution in [0.25, 0.3) is 0 Å². The van der Waals surface area contributed by atoms with Crippen LogP contribution < -0.4 is 5.32 Å². The van der Waals surface area contributed by atoms with Gasteiger partial charge in [0.15, 0.2) is 0 Å². The molecule has 1 N–H and O–H groups in total. The second-order valence-electron chi connectivity index (χ2n) is 7.81. The summed E-state index contributed by atoms with van der Waals surface area (Å²) in [5, 5.41) is 2.87. The number of hydrogen-bond acceptors (Lipinski definition) is 6. The number of ether oxygens (including phenoxy) is 1. The zero-order valence-electron chi connectivity index (χ0n) is 17.7. The Morgan fingerprint density at radius 2 is 1.90 bits per heavy atom. The lowest BCUT2D eigenvalue weighted by Gasteiger charge is -2.34. The van der Waals surface area contributed by atoms with Crippen molar-refractivity contribution in [1.82, 2.24) is 14.5 Å². The summed E-state index contributed by atoms with van der Waals surface area (Å²) in [6.07, 6.45) is 1.23. The molecular weight excluding hydrogens is 406 g/mol. The molecule has 0 bridgehead atoms. The van der Waals surface area contributed by atoms with Gasteiger partial charge in [-0.1, -0.05) is 6.07 Å². The Balaban J connectivity index is 1.73. The largest absolute Gasteiger partial charge is 0.468 e. The first-order valence-electron chi connectivity index (χ1n) is 9.92. The Labute approximate surface area is 177 Å². The predicted octanol–water partition coefficient (Wildman–Crippen LogP) is 2.11. The van der Waals surface area contributed by atoms with Crippen LogP contribution in [-0.2, 0) is 14.8 Å². The van der Waals surface area contributed by atoms with Crippen LogP contribution in [0, 0.1) is 0 Å². The first-order valence-corrected chi connectivity index (χ1v) is 11.4. The van der Waals surface area contributed by atoms with Crippen molar-refractivity contribution in [2.45, 2.75) is 37.0 Å². The molecule has 0 aliphatic carbocycles. The highest BCUT2D eigenvalue weighted by Crippen LogP contribution is 2.22. The number of furan rings is 1. The van der Waals surface area contributed by atoms with Crippen molar-refractivity contribution in [3.63, 3.8) is 0 Å². The van der Waals surface area contributed by atoms with Crippen LogP contribution >= 0.6 is 0 Å². The maximum absolute atomic E-state index is 13.1. The van der Waals surface area contributed by atoms with Crippen molar-refractivity contribution in [3.05, 3.63) is 54.0 Å². The SMILES string of the molecule is C[C@@H]1CN(S(=O)(=O)c2cccc(C(=O)NC[C@@H](c3ccco3)N(C)C)c2)C[C@H](C)O1. The number of amides is 1. The van der Waals surface area contributed by atoms with Crippen LogP contribution in [0.15, 0.2) is 52.0 Å². The summed E-state index contributed by atoms with van der Waals surface area (Å²) in [7, 11) is 0.0854. The van der Waals surface area contributed by atoms with Crippen LogP contribution in [0.4, 0.5) is 0 Å². The number of benzene rings is 1. The number of hydrogen-bond donors (Lipinski definition) is 1. The summed E-state index contributed by atoms with van der Waals surface area (Å²) in [5.74, 6) is 0.404. The van der Waals surface area contributed by atoms with Crippen LogP contribution in [0.2, 0.25) is 0 Å². The predicted molar refractivity (Wildman–Crippen MR) is 113 cm³/mol. The zero-order valence-corrected chi connectivity index (χ0v) is 18.6. The number of likely N-dealkylation sites (N-methyl/N-ethyl adjacent to an activating group) is 1. The lowest BCUT2D eigenvalue weighted by Crippen LogP contribution is -2.48. The molecule has 0 radical (unpaired) electrons. The molecule has 1 aromatic heterocycles. The average molecular weight is 436 g/mol. The molecule has 1 amide bonds. The summed E-state index contributed by atoms with van der Waals surface area (Å²) in [6, 6.07) is 9.66. The third-order valence-corrected chi connectivity index (χ3v) is 6.90. The zero-order chi connectivity index (χ0) is 21.9. The van der Waals surface area contributed by atoms with Crippen LogP contribution in [0.5, 0.6) is 0 Å². The van der Waals surface area contributed by atoms with Crippen LogP contribution in [0.3, 0.4) is 0 Å². The van der Waals surface area contributed by atoms with Gasteiger partial charge in [-0.2, -0.15) is 4.31 Å². The molecule has 1 saturated heterocycles. The summed E-state index contributed by atoms with van der Waals surface area (Å²) >= 11 is 0. The summed E-state index contributed by atoms with van der Waals surface area (Å²) in [4.78, 5) is 14.8. The fourth-order valence-corrected chi connectivity index (χ4v) is 5.22. The minimum atomic E-state index is -3.71. The number of rotatable bonds is 7. The summed E-state index contributed by atoms with van der Waals surface area (Å²) < 4.78 is 38.7. The molecule has 2 heterocycles. The molecule has 1 aliphatic rings. The van der Waals surface area contributed by atoms with Gasteiger partial charge in [-0.15, -0.1) is 0 Å². The molecule has 0 saturated carbocycles. The number of morpholine rings is 1. The van der Waals surface area contributed by atoms with Gasteiger partial charge < -0.3 is 14.5 Å². The monoisotopic (exact) mass is 435 g/mol. The van der Waals surface area contributed by atoms with Crippen molar-refractivity contribution >= 4 is 15.9 Å². The summed E-state index contributed by atoms with van der Waals surface area (Å²) in [6.45, 7) is 4.60. The van der Waals surface area contributed by atoms with E-state index in [9.17, 15) is 13.2 Å². The molecule has 1 aromatic carbocycles. The van der Waals surface area contributed by atoms with Crippen molar-refractivity contribution in [2.75, 3.05) is 33.7 Å². The van der Waals surface area contributed by atoms with E-state index in [1.165, 1.54) is 16.4 Å². The Kier molecular flexibility index (Phi) is 6.97. The van der Waals surface area contributed by atoms with E-state index in [0.717, 1.165) is 5.76 Å². The average Bonchev–Trinajstić information content (AvgIpc) is 3.21. The van der Waals surface area contributed by atoms with Gasteiger partial charge in [0.05, 0.1) is 29.4 Å². The molecule has 9 heteroatoms. The standard InChI is InChI=1S/C21H29N3O5S/c1-15-13-24(14-16(2)29-15)30(26,27)18-8-5-7-17(11-18)21(25)22-12-19(23(3)4)20-9-6-10-28-20/h5-11,15-16,19H,12-14H2,1-4H3,(H,22,25)/t15-,16+,19-/m0/s1. The molecular formula is C21H29N3O5S. The van der Waals surface area contributed by atoms with Crippen molar-refractivity contribution in [2.24, 2.45) is 0 Å². The third-order valence-electron chi connectivity index (χ3n) is 5.07. The fraction of sp³-hybridized carbons (Fsp3) is 0.476. The normalized spacial score (nSPS) is 21.5. The molecule has 2 aromatic rings. The number of nitrogens with zero attached hydrogens (tertiary/aromatic N) is 2. The van der Waals surface area contributed by atoms with Gasteiger partial charge in [0, 0.05) is 25.2 Å². The second-order valence-corrected chi connectivity index (χ2v) is 9.75. The topological polar surface area (TPSA) is 92.1 Å². The molecule has 1 fully saturated rings. The molecule has 30 heavy (non-hydrogen) atoms. The van der Waals surface area contributed by atoms with Gasteiger partial charge in [-0.3, -0.25) is 9.69 Å². The first kappa shape index (κ1) is 22.5. The Morgan fingerprint density at radius 1 is 1.20 bits per heavy atom. The minimum absolute atomic E-state index is 0.103. The van der Waals surface area contributed by atoms with E-state index in [0.29, 0.717) is 12.1 Å². The molecule has 0 unspecified atom stereocenters. The van der Waals surface area contributed by atoms with E-state index < -0.39 is 10.0 Å². The first-order chi connectivity index (χ1) is 14.2. The minimum Gasteiger partial charge on any atom is -0.468 e. The van der Waals surface area contributed by atoms with Gasteiger partial charge >= 0.3 is 0 Å². The fourth-order valence-electron chi connectivity index (χ4n) is 3.58. The quantitative estimate of drug-likeness (QED) is 0.716. The Hall–Kier alpha value is -2.20. The number of carbonyl (C=O) groups excluding carboxylic acids is 1. The number of nitrogens with one attached hydrogen (secondary N) is 1. The molecule has 164 valence electrons. The van der Waals surface area contributed by atoms with E-state index in [2.05, 4.69) is 5.32 Å². The molecule has 8 nitrogen and oxygen atoms in total. The maximum Gasteiger partial charge on any atom is 0.251 e. The highest BCUT2D eigenvalue weighted by molar-refractivity contribution is 7.89. The highest BCUT2D eigenvalue weighted by atomic mass is 32.2. The van der Waals surface area contributed by atoms with E-state index >= 15 is 0 Å². The van der Waals surface area contributed by atoms with E-state index in [4.69, 9.17) is 9.15 Å². The second kappa shape index (κ2) is 9.30. The van der Waals surface area contributed by atoms with Crippen molar-refractivity contribution < 1.29 is 22.4 Å². The van der Waals surface area contributed by atoms with E-state index in [1.54, 1.807) is 24.5 Å². The third kappa shape index (κ3) is 5.10. The molecule has 0 spiro atoms. The highest BCUT2D eigenvalue weighted by Gasteiger charge is 2.32. The molecule has 3 atom stereocenters. The summed E-state index contributed by atoms with van der Waals surface area (Å²) in [5.41, 5.74) is 0.294. The lowest BCUT2D eigenvalue weighted by molar-refractivity contribution is -0.0440. The number of sulfonamides is 1. The molecule has 1 aliphatic heterocycles. The van der Waals surface area contributed by atoms with Crippen molar-refractivity contribution in [1.29, 1.82) is 0 Å². The van der Waals surface area contributed by atoms with Crippen molar-refractivity contribution in [3.8, 4) is 0 Å². The van der Waals surface area contributed by atoms with E-state index in [-0.39, 0.29) is 42.1 Å². The smallest absolute Gasteiger partial charge is 0.251 e. The van der Waals surface area contributed by atoms with Gasteiger partial charge in [0.25, 0.3) is 5.91 Å². The van der Waals surface area contributed by atoms with Gasteiger partial charge in [-0.25, -0.2) is 8.42 Å². The molecule has 3 rings (SSSR count). The Morgan fingerprint density at radius 3 is 2.50 bits per heavy atom. The lowest BCUT2D eigenvalue weighted by atomic mass is 10.2. The van der Waals surface area contributed by atoms with Gasteiger partial charge in [-0.05, 0) is 58.3 Å². The van der Waals surface area contributed by atoms with E-state index in [1.807, 2.05) is 38.9 Å². The van der Waals surface area contributed by atoms with Gasteiger partial charge in [0.2, 0.25) is 10.0 Å². The van der Waals surface area contributed by atoms with Crippen LogP contribution in [0.1, 0.15) is 36.0 Å².